The number of carboxylic acids is 1. The Morgan fingerprint density at radius 2 is 1.91 bits per heavy atom. The number of hydrogen-bond acceptors (Lipinski definition) is 3. The van der Waals surface area contributed by atoms with Gasteiger partial charge in [0.25, 0.3) is 0 Å². The Morgan fingerprint density at radius 3 is 2.27 bits per heavy atom. The lowest BCUT2D eigenvalue weighted by molar-refractivity contribution is -0.147. The molecule has 0 aromatic carbocycles. The maximum absolute atomic E-state index is 10.5. The second kappa shape index (κ2) is 7.01. The summed E-state index contributed by atoms with van der Waals surface area (Å²) in [6, 6.07) is 0. The summed E-state index contributed by atoms with van der Waals surface area (Å²) in [7, 11) is 0. The minimum absolute atomic E-state index is 0. The van der Waals surface area contributed by atoms with E-state index in [0.717, 1.165) is 0 Å². The third kappa shape index (κ3) is 8.90. The molecule has 0 spiro atoms. The van der Waals surface area contributed by atoms with Gasteiger partial charge >= 0.3 is 11.9 Å². The Morgan fingerprint density at radius 1 is 1.36 bits per heavy atom. The van der Waals surface area contributed by atoms with E-state index in [1.54, 1.807) is 6.92 Å². The lowest BCUT2D eigenvalue weighted by Gasteiger charge is -1.97. The number of carboxylic acid groups (broad SMARTS) is 1. The van der Waals surface area contributed by atoms with Crippen molar-refractivity contribution in [2.45, 2.75) is 19.8 Å². The zero-order valence-corrected chi connectivity index (χ0v) is 6.29. The second-order valence-corrected chi connectivity index (χ2v) is 1.70. The molecule has 66 valence electrons. The van der Waals surface area contributed by atoms with Crippen molar-refractivity contribution in [3.63, 3.8) is 0 Å². The highest BCUT2D eigenvalue weighted by Crippen LogP contribution is 1.91. The van der Waals surface area contributed by atoms with E-state index in [2.05, 4.69) is 4.74 Å². The van der Waals surface area contributed by atoms with Crippen LogP contribution in [-0.4, -0.2) is 29.1 Å². The lowest BCUT2D eigenvalue weighted by Crippen LogP contribution is -2.06. The van der Waals surface area contributed by atoms with Gasteiger partial charge in [0.2, 0.25) is 0 Å². The largest absolute Gasteiger partial charge is 0.481 e. The first-order chi connectivity index (χ1) is 4.66. The molecule has 0 aliphatic heterocycles. The molecular formula is C6H12O5. The van der Waals surface area contributed by atoms with Crippen molar-refractivity contribution in [2.75, 3.05) is 6.61 Å². The molecule has 0 saturated carbocycles. The Hall–Kier alpha value is -1.10. The molecule has 0 bridgehead atoms. The Balaban J connectivity index is 0. The molecule has 0 heterocycles. The SMILES string of the molecule is CCOC(=O)CCC(=O)O.O. The highest BCUT2D eigenvalue weighted by Gasteiger charge is 2.04. The van der Waals surface area contributed by atoms with Crippen molar-refractivity contribution < 1.29 is 24.9 Å². The number of carbonyl (C=O) groups is 2. The first-order valence-electron chi connectivity index (χ1n) is 3.04. The molecule has 0 aliphatic rings. The highest BCUT2D eigenvalue weighted by atomic mass is 16.5. The quantitative estimate of drug-likeness (QED) is 0.571. The average molecular weight is 164 g/mol. The van der Waals surface area contributed by atoms with Gasteiger partial charge in [-0.3, -0.25) is 9.59 Å². The van der Waals surface area contributed by atoms with Crippen molar-refractivity contribution in [3.05, 3.63) is 0 Å². The van der Waals surface area contributed by atoms with Crippen molar-refractivity contribution in [1.29, 1.82) is 0 Å². The van der Waals surface area contributed by atoms with E-state index in [1.165, 1.54) is 0 Å². The van der Waals surface area contributed by atoms with E-state index in [0.29, 0.717) is 6.61 Å². The summed E-state index contributed by atoms with van der Waals surface area (Å²) < 4.78 is 4.49. The molecule has 0 saturated heterocycles. The highest BCUT2D eigenvalue weighted by molar-refractivity contribution is 5.76. The number of hydrogen-bond donors (Lipinski definition) is 1. The van der Waals surface area contributed by atoms with E-state index < -0.39 is 11.9 Å². The first-order valence-corrected chi connectivity index (χ1v) is 3.04. The normalized spacial score (nSPS) is 8.09. The van der Waals surface area contributed by atoms with E-state index in [-0.39, 0.29) is 18.3 Å². The van der Waals surface area contributed by atoms with Gasteiger partial charge in [-0.25, -0.2) is 0 Å². The Bertz CT molecular complexity index is 131. The van der Waals surface area contributed by atoms with Crippen LogP contribution in [0.2, 0.25) is 0 Å². The summed E-state index contributed by atoms with van der Waals surface area (Å²) in [4.78, 5) is 20.4. The van der Waals surface area contributed by atoms with Crippen LogP contribution < -0.4 is 0 Å². The van der Waals surface area contributed by atoms with Crippen molar-refractivity contribution in [3.8, 4) is 0 Å². The van der Waals surface area contributed by atoms with Gasteiger partial charge in [-0.15, -0.1) is 0 Å². The molecule has 0 atom stereocenters. The molecule has 0 unspecified atom stereocenters. The third-order valence-corrected chi connectivity index (χ3v) is 0.848. The summed E-state index contributed by atoms with van der Waals surface area (Å²) in [6.45, 7) is 1.98. The summed E-state index contributed by atoms with van der Waals surface area (Å²) in [5.74, 6) is -1.43. The van der Waals surface area contributed by atoms with Crippen LogP contribution in [0.25, 0.3) is 0 Å². The van der Waals surface area contributed by atoms with Gasteiger partial charge in [0.05, 0.1) is 19.4 Å². The molecule has 3 N–H and O–H groups in total. The van der Waals surface area contributed by atoms with Gasteiger partial charge in [0, 0.05) is 0 Å². The maximum atomic E-state index is 10.5. The van der Waals surface area contributed by atoms with Crippen LogP contribution in [-0.2, 0) is 14.3 Å². The smallest absolute Gasteiger partial charge is 0.306 e. The maximum Gasteiger partial charge on any atom is 0.306 e. The van der Waals surface area contributed by atoms with Crippen molar-refractivity contribution in [1.82, 2.24) is 0 Å². The fourth-order valence-corrected chi connectivity index (χ4v) is 0.442. The molecule has 0 aromatic rings. The molecule has 5 nitrogen and oxygen atoms in total. The summed E-state index contributed by atoms with van der Waals surface area (Å²) in [5, 5.41) is 8.12. The minimum atomic E-state index is -0.979. The fraction of sp³-hybridized carbons (Fsp3) is 0.667. The number of carbonyl (C=O) groups excluding carboxylic acids is 1. The van der Waals surface area contributed by atoms with Crippen molar-refractivity contribution >= 4 is 11.9 Å². The van der Waals surface area contributed by atoms with Crippen LogP contribution in [0, 0.1) is 0 Å². The first kappa shape index (κ1) is 12.6. The third-order valence-electron chi connectivity index (χ3n) is 0.848. The fourth-order valence-electron chi connectivity index (χ4n) is 0.442. The van der Waals surface area contributed by atoms with Gasteiger partial charge < -0.3 is 15.3 Å². The van der Waals surface area contributed by atoms with E-state index >= 15 is 0 Å². The molecule has 11 heavy (non-hydrogen) atoms. The van der Waals surface area contributed by atoms with Gasteiger partial charge in [-0.1, -0.05) is 0 Å². The van der Waals surface area contributed by atoms with Crippen LogP contribution >= 0.6 is 0 Å². The summed E-state index contributed by atoms with van der Waals surface area (Å²) in [5.41, 5.74) is 0. The molecule has 5 heteroatoms. The zero-order valence-electron chi connectivity index (χ0n) is 6.29. The molecule has 0 fully saturated rings. The zero-order chi connectivity index (χ0) is 7.98. The number of rotatable bonds is 4. The number of aliphatic carboxylic acids is 1. The van der Waals surface area contributed by atoms with Gasteiger partial charge in [0.15, 0.2) is 0 Å². The monoisotopic (exact) mass is 164 g/mol. The van der Waals surface area contributed by atoms with Crippen molar-refractivity contribution in [2.24, 2.45) is 0 Å². The Kier molecular flexibility index (Phi) is 8.01. The minimum Gasteiger partial charge on any atom is -0.481 e. The standard InChI is InChI=1S/C6H10O4.H2O/c1-2-10-6(9)4-3-5(7)8;/h2-4H2,1H3,(H,7,8);1H2. The van der Waals surface area contributed by atoms with Gasteiger partial charge in [-0.2, -0.15) is 0 Å². The number of esters is 1. The van der Waals surface area contributed by atoms with Crippen LogP contribution in [0.4, 0.5) is 0 Å². The summed E-state index contributed by atoms with van der Waals surface area (Å²) >= 11 is 0. The molecule has 0 amide bonds. The van der Waals surface area contributed by atoms with Crippen LogP contribution in [0.3, 0.4) is 0 Å². The van der Waals surface area contributed by atoms with Crippen LogP contribution in [0.1, 0.15) is 19.8 Å². The van der Waals surface area contributed by atoms with Crippen LogP contribution in [0.15, 0.2) is 0 Å². The Labute approximate surface area is 64.3 Å². The predicted molar refractivity (Wildman–Crippen MR) is 37.1 cm³/mol. The topological polar surface area (TPSA) is 95.1 Å². The predicted octanol–water partition coefficient (Wildman–Crippen LogP) is -0.410. The molecule has 0 rings (SSSR count). The number of ether oxygens (including phenoxy) is 1. The van der Waals surface area contributed by atoms with E-state index in [9.17, 15) is 9.59 Å². The van der Waals surface area contributed by atoms with E-state index in [1.807, 2.05) is 0 Å². The van der Waals surface area contributed by atoms with Gasteiger partial charge in [-0.05, 0) is 6.92 Å². The average Bonchev–Trinajstić information content (AvgIpc) is 1.85. The second-order valence-electron chi connectivity index (χ2n) is 1.70. The lowest BCUT2D eigenvalue weighted by atomic mass is 10.3. The molecule has 0 aliphatic carbocycles. The van der Waals surface area contributed by atoms with E-state index in [4.69, 9.17) is 5.11 Å². The van der Waals surface area contributed by atoms with Gasteiger partial charge in [0.1, 0.15) is 0 Å². The molecular weight excluding hydrogens is 152 g/mol. The van der Waals surface area contributed by atoms with Crippen LogP contribution in [0.5, 0.6) is 0 Å². The molecule has 0 radical (unpaired) electrons. The summed E-state index contributed by atoms with van der Waals surface area (Å²) in [6.07, 6.45) is -0.192. The molecule has 0 aromatic heterocycles.